The molecule has 2 amide bonds. The van der Waals surface area contributed by atoms with Crippen molar-refractivity contribution in [3.8, 4) is 0 Å². The van der Waals surface area contributed by atoms with Crippen molar-refractivity contribution in [2.24, 2.45) is 5.92 Å². The molecule has 23 heavy (non-hydrogen) atoms. The number of carbonyl (C=O) groups excluding carboxylic acids is 2. The number of nitrogens with zero attached hydrogens (tertiary/aromatic N) is 1. The van der Waals surface area contributed by atoms with E-state index in [1.165, 1.54) is 0 Å². The van der Waals surface area contributed by atoms with Gasteiger partial charge < -0.3 is 15.0 Å². The highest BCUT2D eigenvalue weighted by Gasteiger charge is 2.37. The molecule has 1 aliphatic heterocycles. The Bertz CT molecular complexity index is 545. The Labute approximate surface area is 141 Å². The molecule has 1 heterocycles. The lowest BCUT2D eigenvalue weighted by Gasteiger charge is -2.17. The summed E-state index contributed by atoms with van der Waals surface area (Å²) in [6.45, 7) is 5.63. The monoisotopic (exact) mass is 338 g/mol. The van der Waals surface area contributed by atoms with E-state index in [2.05, 4.69) is 5.32 Å². The highest BCUT2D eigenvalue weighted by molar-refractivity contribution is 6.30. The van der Waals surface area contributed by atoms with Gasteiger partial charge in [0.05, 0.1) is 6.10 Å². The summed E-state index contributed by atoms with van der Waals surface area (Å²) in [5, 5.41) is 3.45. The highest BCUT2D eigenvalue weighted by Crippen LogP contribution is 2.26. The van der Waals surface area contributed by atoms with E-state index < -0.39 is 5.92 Å². The van der Waals surface area contributed by atoms with Gasteiger partial charge in [-0.15, -0.1) is 0 Å². The van der Waals surface area contributed by atoms with Crippen LogP contribution in [0.2, 0.25) is 5.02 Å². The van der Waals surface area contributed by atoms with Crippen LogP contribution in [0.4, 0.5) is 5.69 Å². The van der Waals surface area contributed by atoms with Gasteiger partial charge in [0.2, 0.25) is 11.8 Å². The lowest BCUT2D eigenvalue weighted by Crippen LogP contribution is -2.37. The summed E-state index contributed by atoms with van der Waals surface area (Å²) >= 11 is 5.86. The largest absolute Gasteiger partial charge is 0.379 e. The summed E-state index contributed by atoms with van der Waals surface area (Å²) in [5.41, 5.74) is 0.778. The smallest absolute Gasteiger partial charge is 0.239 e. The molecule has 6 heteroatoms. The molecule has 1 aromatic carbocycles. The van der Waals surface area contributed by atoms with Gasteiger partial charge in [-0.1, -0.05) is 11.6 Å². The predicted molar refractivity (Wildman–Crippen MR) is 90.6 cm³/mol. The van der Waals surface area contributed by atoms with Crippen LogP contribution in [0.3, 0.4) is 0 Å². The zero-order valence-corrected chi connectivity index (χ0v) is 14.3. The zero-order valence-electron chi connectivity index (χ0n) is 13.5. The lowest BCUT2D eigenvalue weighted by atomic mass is 10.1. The van der Waals surface area contributed by atoms with Crippen molar-refractivity contribution >= 4 is 29.1 Å². The number of halogens is 1. The van der Waals surface area contributed by atoms with Gasteiger partial charge in [0.1, 0.15) is 5.92 Å². The molecule has 0 radical (unpaired) electrons. The van der Waals surface area contributed by atoms with Gasteiger partial charge in [-0.05, 0) is 51.0 Å². The Morgan fingerprint density at radius 2 is 2.09 bits per heavy atom. The van der Waals surface area contributed by atoms with Crippen LogP contribution < -0.4 is 10.2 Å². The quantitative estimate of drug-likeness (QED) is 0.614. The summed E-state index contributed by atoms with van der Waals surface area (Å²) in [7, 11) is 0. The molecule has 1 unspecified atom stereocenters. The Kier molecular flexibility index (Phi) is 6.42. The van der Waals surface area contributed by atoms with Crippen LogP contribution in [0.5, 0.6) is 0 Å². The summed E-state index contributed by atoms with van der Waals surface area (Å²) in [6, 6.07) is 7.08. The van der Waals surface area contributed by atoms with Crippen LogP contribution in [0.15, 0.2) is 24.3 Å². The molecular formula is C17H23ClN2O3. The van der Waals surface area contributed by atoms with Crippen molar-refractivity contribution in [3.05, 3.63) is 29.3 Å². The minimum atomic E-state index is -0.600. The first-order chi connectivity index (χ1) is 11.0. The summed E-state index contributed by atoms with van der Waals surface area (Å²) in [4.78, 5) is 26.2. The van der Waals surface area contributed by atoms with Crippen molar-refractivity contribution in [2.45, 2.75) is 32.8 Å². The Morgan fingerprint density at radius 1 is 1.39 bits per heavy atom. The van der Waals surface area contributed by atoms with Crippen LogP contribution in [-0.4, -0.2) is 37.6 Å². The summed E-state index contributed by atoms with van der Waals surface area (Å²) in [6.07, 6.45) is 1.47. The molecule has 0 aromatic heterocycles. The number of hydrogen-bond acceptors (Lipinski definition) is 3. The first kappa shape index (κ1) is 17.8. The van der Waals surface area contributed by atoms with Gasteiger partial charge in [0.25, 0.3) is 0 Å². The molecule has 5 nitrogen and oxygen atoms in total. The minimum absolute atomic E-state index is 0.150. The molecular weight excluding hydrogens is 316 g/mol. The molecule has 126 valence electrons. The van der Waals surface area contributed by atoms with Crippen LogP contribution in [0.25, 0.3) is 0 Å². The molecule has 1 aliphatic rings. The molecule has 1 saturated heterocycles. The molecule has 1 aromatic rings. The summed E-state index contributed by atoms with van der Waals surface area (Å²) < 4.78 is 5.42. The normalized spacial score (nSPS) is 17.8. The van der Waals surface area contributed by atoms with Gasteiger partial charge in [-0.25, -0.2) is 0 Å². The average Bonchev–Trinajstić information content (AvgIpc) is 2.89. The van der Waals surface area contributed by atoms with Gasteiger partial charge in [-0.3, -0.25) is 9.59 Å². The second-order valence-corrected chi connectivity index (χ2v) is 6.31. The van der Waals surface area contributed by atoms with E-state index in [9.17, 15) is 9.59 Å². The molecule has 0 spiro atoms. The first-order valence-corrected chi connectivity index (χ1v) is 8.33. The molecule has 0 bridgehead atoms. The molecule has 0 aliphatic carbocycles. The molecule has 0 saturated carbocycles. The number of amides is 2. The topological polar surface area (TPSA) is 58.6 Å². The molecule has 2 rings (SSSR count). The number of benzene rings is 1. The molecule has 1 fully saturated rings. The van der Waals surface area contributed by atoms with Gasteiger partial charge in [0, 0.05) is 30.4 Å². The third-order valence-corrected chi connectivity index (χ3v) is 3.98. The van der Waals surface area contributed by atoms with E-state index >= 15 is 0 Å². The minimum Gasteiger partial charge on any atom is -0.379 e. The second kappa shape index (κ2) is 8.31. The Morgan fingerprint density at radius 3 is 2.74 bits per heavy atom. The van der Waals surface area contributed by atoms with Crippen LogP contribution in [0.1, 0.15) is 26.7 Å². The highest BCUT2D eigenvalue weighted by atomic mass is 35.5. The van der Waals surface area contributed by atoms with E-state index in [0.717, 1.165) is 12.1 Å². The SMILES string of the molecule is CC(C)OCCCNC(=O)C1CCN(c2ccc(Cl)cc2)C1=O. The fraction of sp³-hybridized carbons (Fsp3) is 0.529. The number of ether oxygens (including phenoxy) is 1. The maximum atomic E-state index is 12.4. The standard InChI is InChI=1S/C17H23ClN2O3/c1-12(2)23-11-3-9-19-16(21)15-8-10-20(17(15)22)14-6-4-13(18)5-7-14/h4-7,12,15H,3,8-11H2,1-2H3,(H,19,21). The zero-order chi connectivity index (χ0) is 16.8. The third-order valence-electron chi connectivity index (χ3n) is 3.73. The Hall–Kier alpha value is -1.59. The number of rotatable bonds is 7. The summed E-state index contributed by atoms with van der Waals surface area (Å²) in [5.74, 6) is -0.948. The van der Waals surface area contributed by atoms with E-state index in [4.69, 9.17) is 16.3 Å². The Balaban J connectivity index is 1.81. The fourth-order valence-corrected chi connectivity index (χ4v) is 2.65. The van der Waals surface area contributed by atoms with E-state index in [1.54, 1.807) is 29.2 Å². The number of hydrogen-bond donors (Lipinski definition) is 1. The van der Waals surface area contributed by atoms with Crippen molar-refractivity contribution in [1.29, 1.82) is 0 Å². The van der Waals surface area contributed by atoms with E-state index in [-0.39, 0.29) is 17.9 Å². The van der Waals surface area contributed by atoms with Crippen LogP contribution in [0, 0.1) is 5.92 Å². The maximum Gasteiger partial charge on any atom is 0.239 e. The van der Waals surface area contributed by atoms with Gasteiger partial charge >= 0.3 is 0 Å². The van der Waals surface area contributed by atoms with E-state index in [0.29, 0.717) is 31.1 Å². The molecule has 1 N–H and O–H groups in total. The van der Waals surface area contributed by atoms with Crippen molar-refractivity contribution in [3.63, 3.8) is 0 Å². The first-order valence-electron chi connectivity index (χ1n) is 7.95. The number of anilines is 1. The third kappa shape index (κ3) is 4.94. The van der Waals surface area contributed by atoms with Crippen molar-refractivity contribution < 1.29 is 14.3 Å². The average molecular weight is 339 g/mol. The van der Waals surface area contributed by atoms with Crippen LogP contribution >= 0.6 is 11.6 Å². The fourth-order valence-electron chi connectivity index (χ4n) is 2.53. The van der Waals surface area contributed by atoms with Crippen LogP contribution in [-0.2, 0) is 14.3 Å². The molecule has 1 atom stereocenters. The van der Waals surface area contributed by atoms with Crippen molar-refractivity contribution in [2.75, 3.05) is 24.6 Å². The number of nitrogens with one attached hydrogen (secondary N) is 1. The van der Waals surface area contributed by atoms with Crippen molar-refractivity contribution in [1.82, 2.24) is 5.32 Å². The van der Waals surface area contributed by atoms with Gasteiger partial charge in [-0.2, -0.15) is 0 Å². The predicted octanol–water partition coefficient (Wildman–Crippen LogP) is 2.62. The lowest BCUT2D eigenvalue weighted by molar-refractivity contribution is -0.132. The van der Waals surface area contributed by atoms with E-state index in [1.807, 2.05) is 13.8 Å². The maximum absolute atomic E-state index is 12.4. The second-order valence-electron chi connectivity index (χ2n) is 5.87. The number of carbonyl (C=O) groups is 2. The van der Waals surface area contributed by atoms with Gasteiger partial charge in [0.15, 0.2) is 0 Å².